The number of rotatable bonds is 5. The van der Waals surface area contributed by atoms with Crippen LogP contribution in [0.1, 0.15) is 24.8 Å². The van der Waals surface area contributed by atoms with Crippen molar-refractivity contribution in [1.29, 1.82) is 0 Å². The Morgan fingerprint density at radius 3 is 2.60 bits per heavy atom. The fourth-order valence-electron chi connectivity index (χ4n) is 1.19. The fourth-order valence-corrected chi connectivity index (χ4v) is 2.66. The zero-order valence-electron chi connectivity index (χ0n) is 9.75. The number of halogens is 1. The Morgan fingerprint density at radius 1 is 1.47 bits per heavy atom. The molecule has 2 nitrogen and oxygen atoms in total. The van der Waals surface area contributed by atoms with E-state index in [1.165, 1.54) is 9.35 Å². The summed E-state index contributed by atoms with van der Waals surface area (Å²) in [5, 5.41) is 5.67. The maximum Gasteiger partial charge on any atom is 0.0387 e. The third-order valence-electron chi connectivity index (χ3n) is 2.62. The van der Waals surface area contributed by atoms with Crippen molar-refractivity contribution in [3.63, 3.8) is 0 Å². The molecule has 0 fully saturated rings. The van der Waals surface area contributed by atoms with Gasteiger partial charge in [-0.25, -0.2) is 0 Å². The highest BCUT2D eigenvalue weighted by atomic mass is 79.9. The number of hydrogen-bond acceptors (Lipinski definition) is 3. The molecule has 0 aliphatic rings. The second kappa shape index (κ2) is 5.99. The third-order valence-corrected chi connectivity index (χ3v) is 4.49. The Labute approximate surface area is 105 Å². The standard InChI is InChI=1S/C11H19BrN2S/c1-8(14(3)4)6-13-9(2)11-5-10(12)7-15-11/h5,7-9,13H,6H2,1-4H3. The first-order valence-corrected chi connectivity index (χ1v) is 6.81. The first-order chi connectivity index (χ1) is 7.00. The number of nitrogens with zero attached hydrogens (tertiary/aromatic N) is 1. The maximum atomic E-state index is 3.54. The zero-order valence-corrected chi connectivity index (χ0v) is 12.2. The van der Waals surface area contributed by atoms with E-state index in [4.69, 9.17) is 0 Å². The van der Waals surface area contributed by atoms with Crippen LogP contribution in [-0.4, -0.2) is 31.6 Å². The summed E-state index contributed by atoms with van der Waals surface area (Å²) in [6, 6.07) is 3.18. The summed E-state index contributed by atoms with van der Waals surface area (Å²) in [4.78, 5) is 3.61. The Bertz CT molecular complexity index is 299. The smallest absolute Gasteiger partial charge is 0.0387 e. The second-order valence-corrected chi connectivity index (χ2v) is 5.97. The molecule has 0 amide bonds. The lowest BCUT2D eigenvalue weighted by molar-refractivity contribution is 0.296. The van der Waals surface area contributed by atoms with E-state index in [0.29, 0.717) is 12.1 Å². The van der Waals surface area contributed by atoms with E-state index in [-0.39, 0.29) is 0 Å². The first kappa shape index (κ1) is 13.2. The van der Waals surface area contributed by atoms with Crippen molar-refractivity contribution in [3.8, 4) is 0 Å². The summed E-state index contributed by atoms with van der Waals surface area (Å²) in [5.74, 6) is 0. The predicted octanol–water partition coefficient (Wildman–Crippen LogP) is 3.11. The molecule has 86 valence electrons. The van der Waals surface area contributed by atoms with Gasteiger partial charge >= 0.3 is 0 Å². The molecule has 0 saturated carbocycles. The lowest BCUT2D eigenvalue weighted by Gasteiger charge is -2.22. The van der Waals surface area contributed by atoms with Crippen molar-refractivity contribution in [1.82, 2.24) is 10.2 Å². The van der Waals surface area contributed by atoms with Crippen LogP contribution in [0.5, 0.6) is 0 Å². The SMILES string of the molecule is CC(NCC(C)N(C)C)c1cc(Br)cs1. The molecule has 1 rings (SSSR count). The highest BCUT2D eigenvalue weighted by molar-refractivity contribution is 9.10. The zero-order chi connectivity index (χ0) is 11.4. The summed E-state index contributed by atoms with van der Waals surface area (Å²) in [5.41, 5.74) is 0. The molecule has 0 saturated heterocycles. The van der Waals surface area contributed by atoms with Gasteiger partial charge in [0, 0.05) is 33.4 Å². The van der Waals surface area contributed by atoms with Gasteiger partial charge in [0.05, 0.1) is 0 Å². The van der Waals surface area contributed by atoms with E-state index in [0.717, 1.165) is 6.54 Å². The quantitative estimate of drug-likeness (QED) is 0.896. The predicted molar refractivity (Wildman–Crippen MR) is 71.6 cm³/mol. The van der Waals surface area contributed by atoms with Crippen LogP contribution in [0.2, 0.25) is 0 Å². The van der Waals surface area contributed by atoms with Gasteiger partial charge in [-0.2, -0.15) is 0 Å². The van der Waals surface area contributed by atoms with Crippen LogP contribution >= 0.6 is 27.3 Å². The van der Waals surface area contributed by atoms with Crippen LogP contribution in [0.25, 0.3) is 0 Å². The molecular weight excluding hydrogens is 272 g/mol. The monoisotopic (exact) mass is 290 g/mol. The fraction of sp³-hybridized carbons (Fsp3) is 0.636. The second-order valence-electron chi connectivity index (χ2n) is 4.11. The first-order valence-electron chi connectivity index (χ1n) is 5.14. The minimum Gasteiger partial charge on any atom is -0.308 e. The summed E-state index contributed by atoms with van der Waals surface area (Å²) in [7, 11) is 4.22. The minimum atomic E-state index is 0.434. The normalized spacial score (nSPS) is 15.6. The van der Waals surface area contributed by atoms with Gasteiger partial charge in [0.2, 0.25) is 0 Å². The molecular formula is C11H19BrN2S. The lowest BCUT2D eigenvalue weighted by atomic mass is 10.2. The van der Waals surface area contributed by atoms with E-state index in [1.54, 1.807) is 11.3 Å². The Morgan fingerprint density at radius 2 is 2.13 bits per heavy atom. The molecule has 15 heavy (non-hydrogen) atoms. The van der Waals surface area contributed by atoms with Gasteiger partial charge in [-0.3, -0.25) is 0 Å². The van der Waals surface area contributed by atoms with Crippen LogP contribution < -0.4 is 5.32 Å². The molecule has 0 spiro atoms. The van der Waals surface area contributed by atoms with Gasteiger partial charge in [0.25, 0.3) is 0 Å². The number of thiophene rings is 1. The number of hydrogen-bond donors (Lipinski definition) is 1. The Kier molecular flexibility index (Phi) is 5.26. The Balaban J connectivity index is 2.39. The van der Waals surface area contributed by atoms with Crippen molar-refractivity contribution in [2.75, 3.05) is 20.6 Å². The highest BCUT2D eigenvalue weighted by Gasteiger charge is 2.10. The van der Waals surface area contributed by atoms with Crippen LogP contribution in [0.4, 0.5) is 0 Å². The molecule has 2 unspecified atom stereocenters. The molecule has 0 radical (unpaired) electrons. The van der Waals surface area contributed by atoms with E-state index >= 15 is 0 Å². The molecule has 1 aromatic heterocycles. The van der Waals surface area contributed by atoms with Gasteiger partial charge in [-0.15, -0.1) is 11.3 Å². The average molecular weight is 291 g/mol. The van der Waals surface area contributed by atoms with Crippen molar-refractivity contribution in [2.24, 2.45) is 0 Å². The average Bonchev–Trinajstić information content (AvgIpc) is 2.60. The number of nitrogens with one attached hydrogen (secondary N) is 1. The van der Waals surface area contributed by atoms with Gasteiger partial charge in [0.1, 0.15) is 0 Å². The third kappa shape index (κ3) is 4.23. The maximum absolute atomic E-state index is 3.54. The summed E-state index contributed by atoms with van der Waals surface area (Å²) < 4.78 is 1.18. The molecule has 2 atom stereocenters. The molecule has 0 aliphatic heterocycles. The Hall–Kier alpha value is 0.1000. The van der Waals surface area contributed by atoms with Crippen LogP contribution in [0.3, 0.4) is 0 Å². The van der Waals surface area contributed by atoms with Gasteiger partial charge in [-0.05, 0) is 49.9 Å². The molecule has 0 aromatic carbocycles. The summed E-state index contributed by atoms with van der Waals surface area (Å²) in [6.07, 6.45) is 0. The van der Waals surface area contributed by atoms with E-state index < -0.39 is 0 Å². The van der Waals surface area contributed by atoms with Crippen molar-refractivity contribution < 1.29 is 0 Å². The van der Waals surface area contributed by atoms with E-state index in [1.807, 2.05) is 0 Å². The summed E-state index contributed by atoms with van der Waals surface area (Å²) >= 11 is 5.27. The van der Waals surface area contributed by atoms with Crippen molar-refractivity contribution in [3.05, 3.63) is 20.8 Å². The van der Waals surface area contributed by atoms with Crippen molar-refractivity contribution in [2.45, 2.75) is 25.9 Å². The molecule has 0 aliphatic carbocycles. The largest absolute Gasteiger partial charge is 0.308 e. The molecule has 1 aromatic rings. The van der Waals surface area contributed by atoms with Crippen LogP contribution in [0, 0.1) is 0 Å². The number of likely N-dealkylation sites (N-methyl/N-ethyl adjacent to an activating group) is 1. The molecule has 0 bridgehead atoms. The highest BCUT2D eigenvalue weighted by Crippen LogP contribution is 2.25. The van der Waals surface area contributed by atoms with Crippen LogP contribution in [-0.2, 0) is 0 Å². The van der Waals surface area contributed by atoms with Crippen molar-refractivity contribution >= 4 is 27.3 Å². The van der Waals surface area contributed by atoms with E-state index in [2.05, 4.69) is 65.5 Å². The van der Waals surface area contributed by atoms with Gasteiger partial charge in [-0.1, -0.05) is 0 Å². The minimum absolute atomic E-state index is 0.434. The topological polar surface area (TPSA) is 15.3 Å². The van der Waals surface area contributed by atoms with Crippen LogP contribution in [0.15, 0.2) is 15.9 Å². The summed E-state index contributed by atoms with van der Waals surface area (Å²) in [6.45, 7) is 5.45. The van der Waals surface area contributed by atoms with Gasteiger partial charge < -0.3 is 10.2 Å². The lowest BCUT2D eigenvalue weighted by Crippen LogP contribution is -2.36. The van der Waals surface area contributed by atoms with E-state index in [9.17, 15) is 0 Å². The van der Waals surface area contributed by atoms with Gasteiger partial charge in [0.15, 0.2) is 0 Å². The molecule has 1 heterocycles. The molecule has 1 N–H and O–H groups in total. The molecule has 4 heteroatoms.